The molecular weight excluding hydrogens is 340 g/mol. The van der Waals surface area contributed by atoms with Gasteiger partial charge in [-0.1, -0.05) is 43.7 Å². The maximum absolute atomic E-state index is 9.87. The molecule has 0 saturated carbocycles. The second kappa shape index (κ2) is 6.69. The third-order valence-corrected chi connectivity index (χ3v) is 4.96. The summed E-state index contributed by atoms with van der Waals surface area (Å²) in [7, 11) is 1.63. The summed E-state index contributed by atoms with van der Waals surface area (Å²) in [5, 5.41) is 19.3. The van der Waals surface area contributed by atoms with Gasteiger partial charge in [0.05, 0.1) is 18.6 Å². The van der Waals surface area contributed by atoms with Crippen LogP contribution in [-0.2, 0) is 6.42 Å². The van der Waals surface area contributed by atoms with Crippen molar-refractivity contribution in [3.05, 3.63) is 64.7 Å². The molecule has 2 heterocycles. The second-order valence-corrected chi connectivity index (χ2v) is 6.50. The van der Waals surface area contributed by atoms with Crippen LogP contribution in [0.2, 0.25) is 0 Å². The Labute approximate surface area is 157 Å². The van der Waals surface area contributed by atoms with E-state index in [9.17, 15) is 5.26 Å². The second-order valence-electron chi connectivity index (χ2n) is 6.50. The van der Waals surface area contributed by atoms with Gasteiger partial charge in [0, 0.05) is 11.3 Å². The van der Waals surface area contributed by atoms with Crippen LogP contribution in [0.3, 0.4) is 0 Å². The Morgan fingerprint density at radius 2 is 2.07 bits per heavy atom. The Balaban J connectivity index is 2.08. The average molecular weight is 360 g/mol. The zero-order valence-corrected chi connectivity index (χ0v) is 15.2. The number of nitrogens with one attached hydrogen (secondary N) is 1. The summed E-state index contributed by atoms with van der Waals surface area (Å²) in [5.41, 5.74) is 9.17. The molecule has 1 aliphatic rings. The summed E-state index contributed by atoms with van der Waals surface area (Å²) in [5.74, 6) is 0.810. The van der Waals surface area contributed by atoms with Gasteiger partial charge in [-0.2, -0.15) is 5.26 Å². The molecule has 3 aromatic rings. The van der Waals surface area contributed by atoms with E-state index in [1.807, 2.05) is 36.4 Å². The molecule has 1 aliphatic heterocycles. The molecule has 3 N–H and O–H groups in total. The first-order chi connectivity index (χ1) is 13.2. The number of aromatic nitrogens is 2. The molecule has 4 rings (SSSR count). The fourth-order valence-corrected chi connectivity index (χ4v) is 3.79. The molecule has 27 heavy (non-hydrogen) atoms. The minimum Gasteiger partial charge on any atom is -0.496 e. The lowest BCUT2D eigenvalue weighted by molar-refractivity contribution is 0.375. The number of nitrogens with zero attached hydrogens (tertiary/aromatic N) is 2. The van der Waals surface area contributed by atoms with E-state index >= 15 is 0 Å². The van der Waals surface area contributed by atoms with E-state index in [4.69, 9.17) is 15.2 Å². The first-order valence-corrected chi connectivity index (χ1v) is 8.89. The van der Waals surface area contributed by atoms with Crippen molar-refractivity contribution >= 4 is 10.8 Å². The maximum atomic E-state index is 9.87. The lowest BCUT2D eigenvalue weighted by Crippen LogP contribution is -2.22. The van der Waals surface area contributed by atoms with Gasteiger partial charge in [-0.15, -0.1) is 5.10 Å². The quantitative estimate of drug-likeness (QED) is 0.739. The van der Waals surface area contributed by atoms with Gasteiger partial charge in [-0.25, -0.2) is 0 Å². The van der Waals surface area contributed by atoms with Gasteiger partial charge >= 0.3 is 0 Å². The van der Waals surface area contributed by atoms with Gasteiger partial charge in [0.1, 0.15) is 17.4 Å². The highest BCUT2D eigenvalue weighted by Crippen LogP contribution is 2.48. The standard InChI is InChI=1S/C21H20N4O2/c1-3-6-15-19-18(14(11-22)20(23)27-21(19)25-24-15)17-13-8-5-4-7-12(13)9-10-16(17)26-2/h4-5,7-10,18H,3,6,23H2,1-2H3,(H,24,25)/t18-/m1/s1. The van der Waals surface area contributed by atoms with Gasteiger partial charge < -0.3 is 15.2 Å². The molecule has 1 atom stereocenters. The fraction of sp³-hybridized carbons (Fsp3) is 0.238. The highest BCUT2D eigenvalue weighted by Gasteiger charge is 2.37. The highest BCUT2D eigenvalue weighted by atomic mass is 16.5. The van der Waals surface area contributed by atoms with Crippen LogP contribution in [0.4, 0.5) is 0 Å². The number of nitriles is 1. The summed E-state index contributed by atoms with van der Waals surface area (Å²) >= 11 is 0. The molecule has 1 aromatic heterocycles. The van der Waals surface area contributed by atoms with E-state index in [0.29, 0.717) is 17.2 Å². The third kappa shape index (κ3) is 2.59. The molecule has 6 heteroatoms. The van der Waals surface area contributed by atoms with Crippen LogP contribution in [0.5, 0.6) is 11.6 Å². The van der Waals surface area contributed by atoms with E-state index in [-0.39, 0.29) is 5.88 Å². The van der Waals surface area contributed by atoms with E-state index in [1.165, 1.54) is 0 Å². The number of ether oxygens (including phenoxy) is 2. The summed E-state index contributed by atoms with van der Waals surface area (Å²) in [4.78, 5) is 0. The topological polar surface area (TPSA) is 97.0 Å². The van der Waals surface area contributed by atoms with Crippen molar-refractivity contribution in [3.63, 3.8) is 0 Å². The number of nitrogens with two attached hydrogens (primary N) is 1. The number of hydrogen-bond donors (Lipinski definition) is 2. The number of hydrogen-bond acceptors (Lipinski definition) is 5. The lowest BCUT2D eigenvalue weighted by atomic mass is 9.80. The number of allylic oxidation sites excluding steroid dienone is 1. The molecule has 0 spiro atoms. The Hall–Kier alpha value is -3.46. The van der Waals surface area contributed by atoms with Crippen molar-refractivity contribution in [1.29, 1.82) is 5.26 Å². The van der Waals surface area contributed by atoms with Gasteiger partial charge in [0.15, 0.2) is 0 Å². The maximum Gasteiger partial charge on any atom is 0.244 e. The van der Waals surface area contributed by atoms with Crippen molar-refractivity contribution in [3.8, 4) is 17.7 Å². The molecule has 136 valence electrons. The predicted molar refractivity (Wildman–Crippen MR) is 102 cm³/mol. The van der Waals surface area contributed by atoms with Crippen molar-refractivity contribution in [1.82, 2.24) is 10.2 Å². The number of benzene rings is 2. The highest BCUT2D eigenvalue weighted by molar-refractivity contribution is 5.90. The van der Waals surface area contributed by atoms with Crippen molar-refractivity contribution in [2.45, 2.75) is 25.7 Å². The number of aryl methyl sites for hydroxylation is 1. The van der Waals surface area contributed by atoms with E-state index in [1.54, 1.807) is 7.11 Å². The number of aromatic amines is 1. The average Bonchev–Trinajstić information content (AvgIpc) is 3.08. The minimum atomic E-state index is -0.403. The zero-order chi connectivity index (χ0) is 19.0. The lowest BCUT2D eigenvalue weighted by Gasteiger charge is -2.26. The Morgan fingerprint density at radius 1 is 1.26 bits per heavy atom. The van der Waals surface area contributed by atoms with Crippen LogP contribution < -0.4 is 15.2 Å². The van der Waals surface area contributed by atoms with Crippen LogP contribution >= 0.6 is 0 Å². The van der Waals surface area contributed by atoms with Gasteiger partial charge in [0.2, 0.25) is 11.8 Å². The molecule has 0 saturated heterocycles. The number of methoxy groups -OCH3 is 1. The summed E-state index contributed by atoms with van der Waals surface area (Å²) < 4.78 is 11.3. The van der Waals surface area contributed by atoms with Crippen molar-refractivity contribution < 1.29 is 9.47 Å². The SMILES string of the molecule is CCCc1[nH]nc2c1[C@@H](c1c(OC)ccc3ccccc13)C(C#N)=C(N)O2. The molecule has 0 unspecified atom stereocenters. The first-order valence-electron chi connectivity index (χ1n) is 8.89. The van der Waals surface area contributed by atoms with Crippen LogP contribution in [0.25, 0.3) is 10.8 Å². The van der Waals surface area contributed by atoms with E-state index in [2.05, 4.69) is 23.2 Å². The van der Waals surface area contributed by atoms with E-state index in [0.717, 1.165) is 40.4 Å². The van der Waals surface area contributed by atoms with Crippen molar-refractivity contribution in [2.75, 3.05) is 7.11 Å². The van der Waals surface area contributed by atoms with Crippen molar-refractivity contribution in [2.24, 2.45) is 5.73 Å². The molecule has 6 nitrogen and oxygen atoms in total. The van der Waals surface area contributed by atoms with Gasteiger partial charge in [-0.05, 0) is 23.3 Å². The largest absolute Gasteiger partial charge is 0.496 e. The fourth-order valence-electron chi connectivity index (χ4n) is 3.79. The van der Waals surface area contributed by atoms with Gasteiger partial charge in [-0.3, -0.25) is 5.10 Å². The van der Waals surface area contributed by atoms with Crippen LogP contribution in [0, 0.1) is 11.3 Å². The first kappa shape index (κ1) is 17.0. The Kier molecular flexibility index (Phi) is 4.21. The molecule has 0 aliphatic carbocycles. The molecule has 2 aromatic carbocycles. The Morgan fingerprint density at radius 3 is 2.81 bits per heavy atom. The Bertz CT molecular complexity index is 1090. The summed E-state index contributed by atoms with van der Waals surface area (Å²) in [6.07, 6.45) is 1.74. The molecule has 0 amide bonds. The smallest absolute Gasteiger partial charge is 0.244 e. The normalized spacial score (nSPS) is 16.0. The number of H-pyrrole nitrogens is 1. The zero-order valence-electron chi connectivity index (χ0n) is 15.2. The molecule has 0 bridgehead atoms. The predicted octanol–water partition coefficient (Wildman–Crippen LogP) is 3.74. The number of rotatable bonds is 4. The summed E-state index contributed by atoms with van der Waals surface area (Å²) in [6.45, 7) is 2.10. The molecular formula is C21H20N4O2. The third-order valence-electron chi connectivity index (χ3n) is 4.96. The van der Waals surface area contributed by atoms with Crippen LogP contribution in [-0.4, -0.2) is 17.3 Å². The monoisotopic (exact) mass is 360 g/mol. The van der Waals surface area contributed by atoms with Crippen LogP contribution in [0.1, 0.15) is 36.1 Å². The minimum absolute atomic E-state index is 0.0829. The van der Waals surface area contributed by atoms with Gasteiger partial charge in [0.25, 0.3) is 0 Å². The van der Waals surface area contributed by atoms with E-state index < -0.39 is 5.92 Å². The molecule has 0 radical (unpaired) electrons. The summed E-state index contributed by atoms with van der Waals surface area (Å²) in [6, 6.07) is 14.2. The van der Waals surface area contributed by atoms with Crippen LogP contribution in [0.15, 0.2) is 47.9 Å². The molecule has 0 fully saturated rings. The number of fused-ring (bicyclic) bond motifs is 2.